The summed E-state index contributed by atoms with van der Waals surface area (Å²) >= 11 is 0. The maximum atomic E-state index is 6.80. The zero-order valence-corrected chi connectivity index (χ0v) is 18.7. The van der Waals surface area contributed by atoms with Crippen LogP contribution in [0.25, 0.3) is 0 Å². The van der Waals surface area contributed by atoms with Crippen LogP contribution in [0.1, 0.15) is 49.8 Å². The second-order valence-electron chi connectivity index (χ2n) is 8.95. The van der Waals surface area contributed by atoms with E-state index in [1.54, 1.807) is 7.11 Å². The van der Waals surface area contributed by atoms with Gasteiger partial charge in [-0.05, 0) is 37.2 Å². The number of rotatable bonds is 4. The molecule has 0 saturated carbocycles. The van der Waals surface area contributed by atoms with Gasteiger partial charge in [0, 0.05) is 43.5 Å². The molecule has 0 unspecified atom stereocenters. The number of likely N-dealkylation sites (tertiary alicyclic amines) is 1. The van der Waals surface area contributed by atoms with E-state index in [1.165, 1.54) is 6.42 Å². The van der Waals surface area contributed by atoms with Crippen molar-refractivity contribution in [1.82, 2.24) is 9.91 Å². The van der Waals surface area contributed by atoms with Gasteiger partial charge in [-0.3, -0.25) is 0 Å². The van der Waals surface area contributed by atoms with Gasteiger partial charge in [-0.2, -0.15) is 5.10 Å². The van der Waals surface area contributed by atoms with E-state index >= 15 is 0 Å². The SMILES string of the molecule is CCCN1CCC2(CC1)Oc1c(OC)cccc1[C@H]1CC(c3ccc4c(c3)OCO4)=NN12. The largest absolute Gasteiger partial charge is 0.493 e. The monoisotopic (exact) mass is 435 g/mol. The molecule has 4 aliphatic rings. The highest BCUT2D eigenvalue weighted by molar-refractivity contribution is 6.02. The predicted octanol–water partition coefficient (Wildman–Crippen LogP) is 4.17. The van der Waals surface area contributed by atoms with Gasteiger partial charge in [0.15, 0.2) is 23.0 Å². The zero-order chi connectivity index (χ0) is 21.7. The molecular weight excluding hydrogens is 406 g/mol. The minimum absolute atomic E-state index is 0.131. The van der Waals surface area contributed by atoms with E-state index < -0.39 is 5.72 Å². The molecule has 2 aromatic rings. The molecule has 1 atom stereocenters. The number of piperidine rings is 1. The first-order chi connectivity index (χ1) is 15.7. The molecule has 1 fully saturated rings. The third-order valence-electron chi connectivity index (χ3n) is 7.09. The first-order valence-corrected chi connectivity index (χ1v) is 11.6. The first-order valence-electron chi connectivity index (χ1n) is 11.6. The first kappa shape index (κ1) is 19.7. The van der Waals surface area contributed by atoms with Crippen LogP contribution in [0.4, 0.5) is 0 Å². The molecule has 0 N–H and O–H groups in total. The quantitative estimate of drug-likeness (QED) is 0.719. The fourth-order valence-electron chi connectivity index (χ4n) is 5.45. The number of ether oxygens (including phenoxy) is 4. The van der Waals surface area contributed by atoms with E-state index in [2.05, 4.69) is 29.0 Å². The smallest absolute Gasteiger partial charge is 0.231 e. The Morgan fingerprint density at radius 1 is 1.12 bits per heavy atom. The van der Waals surface area contributed by atoms with Gasteiger partial charge in [-0.1, -0.05) is 19.1 Å². The van der Waals surface area contributed by atoms with Gasteiger partial charge in [0.05, 0.1) is 18.9 Å². The predicted molar refractivity (Wildman–Crippen MR) is 121 cm³/mol. The fraction of sp³-hybridized carbons (Fsp3) is 0.480. The van der Waals surface area contributed by atoms with Crippen molar-refractivity contribution >= 4 is 5.71 Å². The Morgan fingerprint density at radius 2 is 1.97 bits per heavy atom. The van der Waals surface area contributed by atoms with Crippen molar-refractivity contribution in [3.8, 4) is 23.0 Å². The Hall–Kier alpha value is -2.93. The van der Waals surface area contributed by atoms with E-state index in [-0.39, 0.29) is 12.8 Å². The van der Waals surface area contributed by atoms with Crippen molar-refractivity contribution in [1.29, 1.82) is 0 Å². The highest BCUT2D eigenvalue weighted by Gasteiger charge is 2.52. The van der Waals surface area contributed by atoms with Crippen molar-refractivity contribution in [2.75, 3.05) is 33.5 Å². The molecule has 0 bridgehead atoms. The van der Waals surface area contributed by atoms with Crippen LogP contribution < -0.4 is 18.9 Å². The summed E-state index contributed by atoms with van der Waals surface area (Å²) in [5, 5.41) is 7.43. The van der Waals surface area contributed by atoms with Crippen molar-refractivity contribution in [3.05, 3.63) is 47.5 Å². The molecule has 2 aromatic carbocycles. The topological polar surface area (TPSA) is 55.8 Å². The molecule has 0 aromatic heterocycles. The lowest BCUT2D eigenvalue weighted by Gasteiger charge is -2.51. The standard InChI is InChI=1S/C25H29N3O4/c1-3-11-27-12-9-25(10-13-27)28-20(18-5-4-6-22(29-2)24(18)32-25)15-19(26-28)17-7-8-21-23(14-17)31-16-30-21/h4-8,14,20H,3,9-13,15-16H2,1-2H3/t20-/m1/s1. The summed E-state index contributed by atoms with van der Waals surface area (Å²) in [5.74, 6) is 3.26. The van der Waals surface area contributed by atoms with E-state index in [9.17, 15) is 0 Å². The molecule has 7 nitrogen and oxygen atoms in total. The molecule has 6 rings (SSSR count). The van der Waals surface area contributed by atoms with Crippen LogP contribution in [0.5, 0.6) is 23.0 Å². The van der Waals surface area contributed by atoms with Gasteiger partial charge in [0.1, 0.15) is 0 Å². The van der Waals surface area contributed by atoms with Crippen LogP contribution in [0.2, 0.25) is 0 Å². The summed E-state index contributed by atoms with van der Waals surface area (Å²) in [6, 6.07) is 12.4. The van der Waals surface area contributed by atoms with Crippen molar-refractivity contribution < 1.29 is 18.9 Å². The van der Waals surface area contributed by atoms with E-state index in [1.807, 2.05) is 24.3 Å². The molecule has 0 aliphatic carbocycles. The number of hydrazone groups is 1. The molecule has 4 heterocycles. The van der Waals surface area contributed by atoms with Crippen LogP contribution in [0, 0.1) is 0 Å². The molecule has 1 spiro atoms. The Labute approximate surface area is 188 Å². The average molecular weight is 436 g/mol. The van der Waals surface area contributed by atoms with Gasteiger partial charge in [0.25, 0.3) is 0 Å². The lowest BCUT2D eigenvalue weighted by molar-refractivity contribution is -0.150. The number of hydrogen-bond donors (Lipinski definition) is 0. The highest BCUT2D eigenvalue weighted by Crippen LogP contribution is 2.53. The van der Waals surface area contributed by atoms with Gasteiger partial charge >= 0.3 is 0 Å². The summed E-state index contributed by atoms with van der Waals surface area (Å²) < 4.78 is 23.6. The number of nitrogens with zero attached hydrogens (tertiary/aromatic N) is 3. The number of para-hydroxylation sites is 1. The third-order valence-corrected chi connectivity index (χ3v) is 7.09. The Kier molecular flexibility index (Phi) is 4.68. The highest BCUT2D eigenvalue weighted by atomic mass is 16.7. The second-order valence-corrected chi connectivity index (χ2v) is 8.95. The van der Waals surface area contributed by atoms with Crippen LogP contribution in [0.3, 0.4) is 0 Å². The van der Waals surface area contributed by atoms with Crippen LogP contribution >= 0.6 is 0 Å². The Morgan fingerprint density at radius 3 is 2.78 bits per heavy atom. The van der Waals surface area contributed by atoms with Crippen molar-refractivity contribution in [2.24, 2.45) is 5.10 Å². The van der Waals surface area contributed by atoms with Gasteiger partial charge in [-0.25, -0.2) is 5.01 Å². The molecule has 0 amide bonds. The molecular formula is C25H29N3O4. The lowest BCUT2D eigenvalue weighted by Crippen LogP contribution is -2.59. The maximum Gasteiger partial charge on any atom is 0.231 e. The number of fused-ring (bicyclic) bond motifs is 5. The van der Waals surface area contributed by atoms with E-state index in [4.69, 9.17) is 24.0 Å². The Bertz CT molecular complexity index is 1060. The van der Waals surface area contributed by atoms with E-state index in [0.29, 0.717) is 0 Å². The normalized spacial score (nSPS) is 22.9. The number of hydrogen-bond acceptors (Lipinski definition) is 7. The van der Waals surface area contributed by atoms with Crippen LogP contribution in [-0.2, 0) is 0 Å². The molecule has 168 valence electrons. The van der Waals surface area contributed by atoms with Gasteiger partial charge in [-0.15, -0.1) is 0 Å². The molecule has 32 heavy (non-hydrogen) atoms. The summed E-state index contributed by atoms with van der Waals surface area (Å²) in [5.41, 5.74) is 2.83. The minimum Gasteiger partial charge on any atom is -0.493 e. The second kappa shape index (κ2) is 7.59. The van der Waals surface area contributed by atoms with Gasteiger partial charge < -0.3 is 23.8 Å². The van der Waals surface area contributed by atoms with Crippen LogP contribution in [-0.4, -0.2) is 54.9 Å². The zero-order valence-electron chi connectivity index (χ0n) is 18.7. The summed E-state index contributed by atoms with van der Waals surface area (Å²) in [7, 11) is 1.71. The maximum absolute atomic E-state index is 6.80. The van der Waals surface area contributed by atoms with Gasteiger partial charge in [0.2, 0.25) is 12.5 Å². The molecule has 4 aliphatic heterocycles. The molecule has 7 heteroatoms. The molecule has 1 saturated heterocycles. The fourth-order valence-corrected chi connectivity index (χ4v) is 5.45. The summed E-state index contributed by atoms with van der Waals surface area (Å²) in [6.07, 6.45) is 3.82. The summed E-state index contributed by atoms with van der Waals surface area (Å²) in [6.45, 7) is 5.66. The van der Waals surface area contributed by atoms with Crippen LogP contribution in [0.15, 0.2) is 41.5 Å². The molecule has 0 radical (unpaired) electrons. The van der Waals surface area contributed by atoms with E-state index in [0.717, 1.165) is 78.7 Å². The number of benzene rings is 2. The Balaban J connectivity index is 1.39. The average Bonchev–Trinajstić information content (AvgIpc) is 3.48. The third kappa shape index (κ3) is 3.02. The summed E-state index contributed by atoms with van der Waals surface area (Å²) in [4.78, 5) is 2.53. The van der Waals surface area contributed by atoms with Crippen molar-refractivity contribution in [2.45, 2.75) is 44.4 Å². The van der Waals surface area contributed by atoms with Crippen molar-refractivity contribution in [3.63, 3.8) is 0 Å². The minimum atomic E-state index is -0.450. The lowest BCUT2D eigenvalue weighted by atomic mass is 9.90. The number of methoxy groups -OCH3 is 1.